The normalized spacial score (nSPS) is 28.0. The molecule has 0 bridgehead atoms. The van der Waals surface area contributed by atoms with Crippen molar-refractivity contribution in [2.24, 2.45) is 47.3 Å². The molecule has 6 aliphatic carbocycles. The van der Waals surface area contributed by atoms with Gasteiger partial charge >= 0.3 is 0 Å². The van der Waals surface area contributed by atoms with E-state index in [0.29, 0.717) is 47.3 Å². The van der Waals surface area contributed by atoms with Gasteiger partial charge in [0.2, 0.25) is 0 Å². The van der Waals surface area contributed by atoms with Crippen LogP contribution in [-0.4, -0.2) is 8.75 Å². The van der Waals surface area contributed by atoms with E-state index in [1.54, 1.807) is 5.56 Å². The molecular formula is C72H72N2S. The maximum absolute atomic E-state index is 5.30. The van der Waals surface area contributed by atoms with Crippen molar-refractivity contribution in [2.75, 3.05) is 0 Å². The molecule has 0 saturated heterocycles. The SMILES string of the molecule is C1=CC2C(C=C1c1ccc(-c3ccccc3)cc1)C1CC(c3ccc(-c4ccccc4)cc3)CCC1C2C1CCC(C2CCC(C(c3ccc(-c4ccc5ccccc5c4)cc3)C3CCCCC3)c3nsnc32)CC1. The van der Waals surface area contributed by atoms with E-state index in [4.69, 9.17) is 8.75 Å². The number of hydrogen-bond acceptors (Lipinski definition) is 3. The quantitative estimate of drug-likeness (QED) is 0.136. The highest BCUT2D eigenvalue weighted by Gasteiger charge is 2.54. The Kier molecular flexibility index (Phi) is 13.1. The van der Waals surface area contributed by atoms with Gasteiger partial charge in [-0.15, -0.1) is 0 Å². The largest absolute Gasteiger partial charge is 0.178 e. The van der Waals surface area contributed by atoms with Crippen molar-refractivity contribution in [1.82, 2.24) is 8.75 Å². The Labute approximate surface area is 450 Å². The Bertz CT molecular complexity index is 3280. The summed E-state index contributed by atoms with van der Waals surface area (Å²) in [5, 5.41) is 2.61. The van der Waals surface area contributed by atoms with Crippen LogP contribution >= 0.6 is 11.7 Å². The van der Waals surface area contributed by atoms with Gasteiger partial charge in [-0.2, -0.15) is 8.75 Å². The minimum atomic E-state index is 0.461. The smallest absolute Gasteiger partial charge is 0.0815 e. The van der Waals surface area contributed by atoms with Crippen molar-refractivity contribution in [3.05, 3.63) is 222 Å². The van der Waals surface area contributed by atoms with Crippen molar-refractivity contribution >= 4 is 28.1 Å². The zero-order valence-electron chi connectivity index (χ0n) is 43.6. The Balaban J connectivity index is 0.699. The monoisotopic (exact) mass is 997 g/mol. The summed E-state index contributed by atoms with van der Waals surface area (Å²) in [5.74, 6) is 7.91. The van der Waals surface area contributed by atoms with Gasteiger partial charge in [-0.05, 0) is 202 Å². The molecule has 75 heavy (non-hydrogen) atoms. The zero-order valence-corrected chi connectivity index (χ0v) is 44.4. The van der Waals surface area contributed by atoms with Crippen LogP contribution in [0.2, 0.25) is 0 Å². The summed E-state index contributed by atoms with van der Waals surface area (Å²) in [7, 11) is 0. The van der Waals surface area contributed by atoms with Gasteiger partial charge in [0, 0.05) is 11.8 Å². The molecule has 0 radical (unpaired) electrons. The summed E-state index contributed by atoms with van der Waals surface area (Å²) in [6.45, 7) is 0. The molecule has 6 aliphatic rings. The maximum Gasteiger partial charge on any atom is 0.0815 e. The van der Waals surface area contributed by atoms with Crippen LogP contribution in [0.5, 0.6) is 0 Å². The Morgan fingerprint density at radius 2 is 1.04 bits per heavy atom. The highest BCUT2D eigenvalue weighted by molar-refractivity contribution is 6.99. The van der Waals surface area contributed by atoms with E-state index in [2.05, 4.69) is 194 Å². The van der Waals surface area contributed by atoms with Crippen LogP contribution in [0.3, 0.4) is 0 Å². The Morgan fingerprint density at radius 1 is 0.440 bits per heavy atom. The Morgan fingerprint density at radius 3 is 1.77 bits per heavy atom. The summed E-state index contributed by atoms with van der Waals surface area (Å²) in [4.78, 5) is 0. The number of nitrogens with zero attached hydrogens (tertiary/aromatic N) is 2. The molecule has 9 unspecified atom stereocenters. The van der Waals surface area contributed by atoms with Crippen LogP contribution in [-0.2, 0) is 0 Å². The van der Waals surface area contributed by atoms with Crippen LogP contribution in [0, 0.1) is 47.3 Å². The number of fused-ring (bicyclic) bond motifs is 5. The van der Waals surface area contributed by atoms with E-state index in [1.807, 2.05) is 0 Å². The molecule has 0 amide bonds. The topological polar surface area (TPSA) is 25.8 Å². The minimum Gasteiger partial charge on any atom is -0.178 e. The van der Waals surface area contributed by atoms with E-state index in [9.17, 15) is 0 Å². The van der Waals surface area contributed by atoms with Gasteiger partial charge < -0.3 is 0 Å². The van der Waals surface area contributed by atoms with E-state index in [-0.39, 0.29) is 0 Å². The molecule has 8 aromatic rings. The Hall–Kier alpha value is -6.16. The highest BCUT2D eigenvalue weighted by atomic mass is 32.1. The molecule has 7 aromatic carbocycles. The fraction of sp³-hybridized carbons (Fsp3) is 0.361. The molecule has 376 valence electrons. The van der Waals surface area contributed by atoms with E-state index >= 15 is 0 Å². The van der Waals surface area contributed by atoms with Crippen molar-refractivity contribution in [1.29, 1.82) is 0 Å². The first kappa shape index (κ1) is 47.3. The summed E-state index contributed by atoms with van der Waals surface area (Å²) in [5.41, 5.74) is 16.5. The number of hydrogen-bond donors (Lipinski definition) is 0. The van der Waals surface area contributed by atoms with E-state index in [0.717, 1.165) is 23.7 Å². The van der Waals surface area contributed by atoms with Crippen LogP contribution in [0.15, 0.2) is 194 Å². The summed E-state index contributed by atoms with van der Waals surface area (Å²) in [6.07, 6.45) is 26.8. The lowest BCUT2D eigenvalue weighted by Gasteiger charge is -2.43. The molecule has 4 saturated carbocycles. The summed E-state index contributed by atoms with van der Waals surface area (Å²) < 4.78 is 10.6. The lowest BCUT2D eigenvalue weighted by Crippen LogP contribution is -2.33. The zero-order chi connectivity index (χ0) is 49.7. The molecule has 14 rings (SSSR count). The molecule has 1 aromatic heterocycles. The van der Waals surface area contributed by atoms with Crippen LogP contribution in [0.1, 0.15) is 142 Å². The maximum atomic E-state index is 5.30. The minimum absolute atomic E-state index is 0.461. The van der Waals surface area contributed by atoms with Gasteiger partial charge in [0.25, 0.3) is 0 Å². The first-order chi connectivity index (χ1) is 37.2. The lowest BCUT2D eigenvalue weighted by atomic mass is 9.61. The second kappa shape index (κ2) is 20.8. The number of allylic oxidation sites excluding steroid dienone is 4. The summed E-state index contributed by atoms with van der Waals surface area (Å²) >= 11 is 1.52. The van der Waals surface area contributed by atoms with Crippen molar-refractivity contribution in [3.8, 4) is 33.4 Å². The van der Waals surface area contributed by atoms with Gasteiger partial charge in [-0.3, -0.25) is 0 Å². The average molecular weight is 997 g/mol. The van der Waals surface area contributed by atoms with Gasteiger partial charge in [-0.1, -0.05) is 207 Å². The lowest BCUT2D eigenvalue weighted by molar-refractivity contribution is 0.106. The van der Waals surface area contributed by atoms with E-state index in [1.165, 1.54) is 174 Å². The fourth-order valence-electron chi connectivity index (χ4n) is 16.9. The predicted octanol–water partition coefficient (Wildman–Crippen LogP) is 19.5. The van der Waals surface area contributed by atoms with E-state index < -0.39 is 0 Å². The van der Waals surface area contributed by atoms with Crippen LogP contribution in [0.25, 0.3) is 49.7 Å². The molecule has 1 heterocycles. The van der Waals surface area contributed by atoms with Gasteiger partial charge in [-0.25, -0.2) is 0 Å². The van der Waals surface area contributed by atoms with Crippen LogP contribution in [0.4, 0.5) is 0 Å². The molecule has 4 fully saturated rings. The highest BCUT2D eigenvalue weighted by Crippen LogP contribution is 2.62. The van der Waals surface area contributed by atoms with Crippen LogP contribution < -0.4 is 0 Å². The standard InChI is InChI=1S/C72H72N2S/c1-4-12-47(13-5-1)50-20-24-53(25-21-50)61-38-40-64-67(45-61)68-46-62(54-26-22-51(23-27-54)48-14-6-2-7-15-48)39-41-65(68)70(64)58-35-31-55(32-36-58)63-42-43-66(72-71(63)73-75-74-72)69(56-17-8-3-9-18-56)57-33-28-52(29-34-57)60-37-30-49-16-10-11-19-59(49)44-60/h1-2,4-7,10-16,19-30,33-34,37-38,40,44-45,55-56,58,62-70H,3,8-9,17-18,31-32,35-36,39,41-43,46H2. The molecule has 3 heteroatoms. The fourth-order valence-corrected chi connectivity index (χ4v) is 17.5. The van der Waals surface area contributed by atoms with Crippen molar-refractivity contribution in [2.45, 2.75) is 114 Å². The first-order valence-corrected chi connectivity index (χ1v) is 30.0. The third-order valence-electron chi connectivity index (χ3n) is 20.4. The number of aromatic nitrogens is 2. The van der Waals surface area contributed by atoms with Crippen molar-refractivity contribution < 1.29 is 0 Å². The summed E-state index contributed by atoms with van der Waals surface area (Å²) in [6, 6.07) is 66.3. The van der Waals surface area contributed by atoms with Crippen molar-refractivity contribution in [3.63, 3.8) is 0 Å². The predicted molar refractivity (Wildman–Crippen MR) is 314 cm³/mol. The number of benzene rings is 7. The van der Waals surface area contributed by atoms with Gasteiger partial charge in [0.1, 0.15) is 0 Å². The second-order valence-corrected chi connectivity index (χ2v) is 24.6. The second-order valence-electron chi connectivity index (χ2n) is 24.1. The van der Waals surface area contributed by atoms with Gasteiger partial charge in [0.15, 0.2) is 0 Å². The molecule has 0 spiro atoms. The molecule has 9 atom stereocenters. The molecule has 0 N–H and O–H groups in total. The molecular weight excluding hydrogens is 925 g/mol. The average Bonchev–Trinajstić information content (AvgIpc) is 4.12. The first-order valence-electron chi connectivity index (χ1n) is 29.3. The number of rotatable bonds is 10. The third kappa shape index (κ3) is 9.19. The molecule has 0 aliphatic heterocycles. The third-order valence-corrected chi connectivity index (χ3v) is 21.0. The molecule has 2 nitrogen and oxygen atoms in total. The van der Waals surface area contributed by atoms with Gasteiger partial charge in [0.05, 0.1) is 23.1 Å².